The number of carbonyl (C=O) groups excluding carboxylic acids is 3. The van der Waals surface area contributed by atoms with Crippen molar-refractivity contribution in [2.75, 3.05) is 4.90 Å². The van der Waals surface area contributed by atoms with Crippen molar-refractivity contribution < 1.29 is 14.4 Å². The van der Waals surface area contributed by atoms with Crippen molar-refractivity contribution in [2.24, 2.45) is 16.6 Å². The van der Waals surface area contributed by atoms with E-state index in [2.05, 4.69) is 15.8 Å². The number of hydrogen-bond donors (Lipinski definition) is 4. The summed E-state index contributed by atoms with van der Waals surface area (Å²) in [4.78, 5) is 38.0. The molecule has 9 nitrogen and oxygen atoms in total. The van der Waals surface area contributed by atoms with E-state index in [1.54, 1.807) is 4.90 Å². The Hall–Kier alpha value is -2.94. The molecule has 0 saturated carbocycles. The first-order chi connectivity index (χ1) is 12.9. The Morgan fingerprint density at radius 2 is 2.15 bits per heavy atom. The lowest BCUT2D eigenvalue weighted by atomic mass is 10.0. The lowest BCUT2D eigenvalue weighted by Crippen LogP contribution is -2.54. The molecular formula is C18H24N6O3. The second kappa shape index (κ2) is 7.75. The van der Waals surface area contributed by atoms with Crippen molar-refractivity contribution in [3.8, 4) is 0 Å². The van der Waals surface area contributed by atoms with Crippen LogP contribution in [0.1, 0.15) is 30.9 Å². The highest BCUT2D eigenvalue weighted by atomic mass is 16.2. The van der Waals surface area contributed by atoms with Gasteiger partial charge in [-0.15, -0.1) is 0 Å². The maximum absolute atomic E-state index is 12.9. The largest absolute Gasteiger partial charge is 0.350 e. The molecule has 1 aromatic rings. The topological polar surface area (TPSA) is 143 Å². The Bertz CT molecular complexity index is 793. The van der Waals surface area contributed by atoms with Crippen LogP contribution < -0.4 is 27.1 Å². The van der Waals surface area contributed by atoms with Gasteiger partial charge in [-0.25, -0.2) is 10.2 Å². The fraction of sp³-hybridized carbons (Fsp3) is 0.444. The standard InChI is InChI=1S/C18H24N6O3/c1-2-12(9-21-23-18(20)27)22-16(25)14-8-11-5-3-4-10-6-7-13(19)17(26)24(14)15(10)11/h3-5,9,12-14H,2,6-8,19H2,1H3,(H,22,25)(H3,20,23,27)/b21-9-/t12-,13-,14-/m0/s1. The Labute approximate surface area is 157 Å². The summed E-state index contributed by atoms with van der Waals surface area (Å²) in [6, 6.07) is 3.42. The number of anilines is 1. The maximum Gasteiger partial charge on any atom is 0.332 e. The van der Waals surface area contributed by atoms with Crippen molar-refractivity contribution >= 4 is 29.7 Å². The molecule has 2 aliphatic rings. The maximum atomic E-state index is 12.9. The number of primary amides is 1. The van der Waals surface area contributed by atoms with Crippen LogP contribution in [0.5, 0.6) is 0 Å². The van der Waals surface area contributed by atoms with Crippen LogP contribution in [-0.4, -0.2) is 42.2 Å². The zero-order valence-electron chi connectivity index (χ0n) is 15.1. The number of nitrogens with one attached hydrogen (secondary N) is 2. The highest BCUT2D eigenvalue weighted by molar-refractivity contribution is 6.07. The predicted octanol–water partition coefficient (Wildman–Crippen LogP) is -0.233. The molecule has 0 spiro atoms. The van der Waals surface area contributed by atoms with Crippen molar-refractivity contribution in [3.05, 3.63) is 29.3 Å². The summed E-state index contributed by atoms with van der Waals surface area (Å²) in [5.41, 5.74) is 15.9. The number of para-hydroxylation sites is 1. The van der Waals surface area contributed by atoms with E-state index in [1.807, 2.05) is 25.1 Å². The van der Waals surface area contributed by atoms with Gasteiger partial charge in [0.2, 0.25) is 11.8 Å². The number of hydrazone groups is 1. The number of hydrogen-bond acceptors (Lipinski definition) is 5. The third kappa shape index (κ3) is 3.77. The first kappa shape index (κ1) is 18.8. The number of rotatable bonds is 5. The molecule has 0 aliphatic carbocycles. The SMILES string of the molecule is CC[C@@H](/C=N\NC(N)=O)NC(=O)[C@@H]1Cc2cccc3c2N1C(=O)[C@@H](N)CC3. The average Bonchev–Trinajstić information content (AvgIpc) is 2.98. The number of nitrogens with zero attached hydrogens (tertiary/aromatic N) is 2. The first-order valence-corrected chi connectivity index (χ1v) is 9.00. The molecule has 0 bridgehead atoms. The molecule has 0 unspecified atom stereocenters. The number of urea groups is 1. The van der Waals surface area contributed by atoms with Crippen molar-refractivity contribution in [1.29, 1.82) is 0 Å². The van der Waals surface area contributed by atoms with E-state index in [0.717, 1.165) is 16.8 Å². The van der Waals surface area contributed by atoms with Crippen LogP contribution in [-0.2, 0) is 22.4 Å². The summed E-state index contributed by atoms with van der Waals surface area (Å²) in [6.45, 7) is 1.87. The quantitative estimate of drug-likeness (QED) is 0.418. The monoisotopic (exact) mass is 372 g/mol. The number of nitrogens with two attached hydrogens (primary N) is 2. The summed E-state index contributed by atoms with van der Waals surface area (Å²) in [5.74, 6) is -0.507. The number of aryl methyl sites for hydroxylation is 1. The van der Waals surface area contributed by atoms with Crippen LogP contribution in [0.3, 0.4) is 0 Å². The molecule has 0 radical (unpaired) electrons. The predicted molar refractivity (Wildman–Crippen MR) is 101 cm³/mol. The van der Waals surface area contributed by atoms with Crippen molar-refractivity contribution in [1.82, 2.24) is 10.7 Å². The molecule has 144 valence electrons. The fourth-order valence-electron chi connectivity index (χ4n) is 3.58. The Balaban J connectivity index is 1.81. The third-order valence-electron chi connectivity index (χ3n) is 4.95. The van der Waals surface area contributed by atoms with Crippen LogP contribution >= 0.6 is 0 Å². The Morgan fingerprint density at radius 1 is 1.41 bits per heavy atom. The van der Waals surface area contributed by atoms with Gasteiger partial charge in [0.25, 0.3) is 0 Å². The van der Waals surface area contributed by atoms with Gasteiger partial charge in [-0.05, 0) is 30.4 Å². The van der Waals surface area contributed by atoms with Crippen molar-refractivity contribution in [3.63, 3.8) is 0 Å². The number of carbonyl (C=O) groups is 3. The minimum atomic E-state index is -0.782. The Kier molecular flexibility index (Phi) is 5.41. The Morgan fingerprint density at radius 3 is 2.85 bits per heavy atom. The molecule has 0 aromatic heterocycles. The normalized spacial score (nSPS) is 22.3. The summed E-state index contributed by atoms with van der Waals surface area (Å²) >= 11 is 0. The zero-order valence-corrected chi connectivity index (χ0v) is 15.1. The third-order valence-corrected chi connectivity index (χ3v) is 4.95. The molecule has 0 saturated heterocycles. The molecule has 2 heterocycles. The molecule has 3 rings (SSSR count). The first-order valence-electron chi connectivity index (χ1n) is 9.00. The summed E-state index contributed by atoms with van der Waals surface area (Å²) in [7, 11) is 0. The lowest BCUT2D eigenvalue weighted by molar-refractivity contribution is -0.126. The van der Waals surface area contributed by atoms with E-state index in [-0.39, 0.29) is 11.8 Å². The average molecular weight is 372 g/mol. The molecule has 4 amide bonds. The van der Waals surface area contributed by atoms with E-state index in [1.165, 1.54) is 6.21 Å². The molecule has 2 aliphatic heterocycles. The van der Waals surface area contributed by atoms with Gasteiger partial charge in [0, 0.05) is 12.6 Å². The van der Waals surface area contributed by atoms with Gasteiger partial charge < -0.3 is 16.8 Å². The van der Waals surface area contributed by atoms with Crippen LogP contribution in [0.4, 0.5) is 10.5 Å². The van der Waals surface area contributed by atoms with Crippen LogP contribution in [0.25, 0.3) is 0 Å². The summed E-state index contributed by atoms with van der Waals surface area (Å²) < 4.78 is 0. The van der Waals surface area contributed by atoms with Crippen LogP contribution in [0.2, 0.25) is 0 Å². The van der Waals surface area contributed by atoms with E-state index in [0.29, 0.717) is 25.7 Å². The van der Waals surface area contributed by atoms with Gasteiger partial charge in [-0.1, -0.05) is 25.1 Å². The summed E-state index contributed by atoms with van der Waals surface area (Å²) in [6.07, 6.45) is 3.69. The molecular weight excluding hydrogens is 348 g/mol. The van der Waals surface area contributed by atoms with Crippen LogP contribution in [0, 0.1) is 0 Å². The van der Waals surface area contributed by atoms with E-state index >= 15 is 0 Å². The van der Waals surface area contributed by atoms with E-state index < -0.39 is 24.2 Å². The van der Waals surface area contributed by atoms with Gasteiger partial charge in [-0.2, -0.15) is 5.10 Å². The zero-order chi connectivity index (χ0) is 19.6. The molecule has 6 N–H and O–H groups in total. The smallest absolute Gasteiger partial charge is 0.332 e. The highest BCUT2D eigenvalue weighted by Crippen LogP contribution is 2.38. The molecule has 27 heavy (non-hydrogen) atoms. The lowest BCUT2D eigenvalue weighted by Gasteiger charge is -2.27. The van der Waals surface area contributed by atoms with Gasteiger partial charge >= 0.3 is 6.03 Å². The minimum Gasteiger partial charge on any atom is -0.350 e. The molecule has 1 aromatic carbocycles. The minimum absolute atomic E-state index is 0.226. The number of benzene rings is 1. The van der Waals surface area contributed by atoms with Gasteiger partial charge in [0.15, 0.2) is 0 Å². The second-order valence-electron chi connectivity index (χ2n) is 6.78. The summed E-state index contributed by atoms with van der Waals surface area (Å²) in [5, 5.41) is 6.57. The molecule has 3 atom stereocenters. The van der Waals surface area contributed by atoms with Crippen LogP contribution in [0.15, 0.2) is 23.3 Å². The van der Waals surface area contributed by atoms with Gasteiger partial charge in [-0.3, -0.25) is 14.5 Å². The van der Waals surface area contributed by atoms with Crippen molar-refractivity contribution in [2.45, 2.75) is 50.7 Å². The fourth-order valence-corrected chi connectivity index (χ4v) is 3.58. The van der Waals surface area contributed by atoms with Gasteiger partial charge in [0.1, 0.15) is 6.04 Å². The van der Waals surface area contributed by atoms with E-state index in [4.69, 9.17) is 11.5 Å². The molecule has 9 heteroatoms. The number of amides is 4. The van der Waals surface area contributed by atoms with Gasteiger partial charge in [0.05, 0.1) is 17.8 Å². The highest BCUT2D eigenvalue weighted by Gasteiger charge is 2.42. The molecule has 0 fully saturated rings. The second-order valence-corrected chi connectivity index (χ2v) is 6.78. The van der Waals surface area contributed by atoms with E-state index in [9.17, 15) is 14.4 Å².